The van der Waals surface area contributed by atoms with Crippen molar-refractivity contribution in [3.05, 3.63) is 58.9 Å². The van der Waals surface area contributed by atoms with E-state index in [2.05, 4.69) is 58.7 Å². The molecule has 2 heteroatoms. The molecule has 0 N–H and O–H groups in total. The molecule has 1 aromatic heterocycles. The van der Waals surface area contributed by atoms with E-state index in [-0.39, 0.29) is 0 Å². The molecule has 0 unspecified atom stereocenters. The Labute approximate surface area is 140 Å². The van der Waals surface area contributed by atoms with Gasteiger partial charge in [0.15, 0.2) is 0 Å². The summed E-state index contributed by atoms with van der Waals surface area (Å²) in [6.45, 7) is 13.5. The molecule has 0 bridgehead atoms. The van der Waals surface area contributed by atoms with Crippen LogP contribution < -0.4 is 0 Å². The van der Waals surface area contributed by atoms with Gasteiger partial charge in [-0.3, -0.25) is 9.98 Å². The summed E-state index contributed by atoms with van der Waals surface area (Å²) >= 11 is 0. The topological polar surface area (TPSA) is 25.2 Å². The second kappa shape index (κ2) is 7.54. The maximum absolute atomic E-state index is 4.83. The molecular formula is C21H28N2. The molecule has 0 aliphatic heterocycles. The smallest absolute Gasteiger partial charge is 0.0812 e. The summed E-state index contributed by atoms with van der Waals surface area (Å²) in [5.41, 5.74) is 6.06. The largest absolute Gasteiger partial charge is 0.255 e. The van der Waals surface area contributed by atoms with Crippen LogP contribution in [-0.4, -0.2) is 11.2 Å². The molecular weight excluding hydrogens is 280 g/mol. The molecule has 0 radical (unpaired) electrons. The molecule has 0 aliphatic carbocycles. The van der Waals surface area contributed by atoms with E-state index in [4.69, 9.17) is 4.99 Å². The highest BCUT2D eigenvalue weighted by Gasteiger charge is 2.16. The third-order valence-corrected chi connectivity index (χ3v) is 4.12. The van der Waals surface area contributed by atoms with E-state index >= 15 is 0 Å². The van der Waals surface area contributed by atoms with Crippen molar-refractivity contribution < 1.29 is 0 Å². The maximum atomic E-state index is 4.83. The van der Waals surface area contributed by atoms with Crippen molar-refractivity contribution in [2.24, 2.45) is 4.99 Å². The molecule has 2 rings (SSSR count). The lowest BCUT2D eigenvalue weighted by molar-refractivity contribution is 0.805. The zero-order valence-corrected chi connectivity index (χ0v) is 15.2. The molecule has 0 amide bonds. The number of hydrogen-bond donors (Lipinski definition) is 0. The average molecular weight is 308 g/mol. The Bertz CT molecular complexity index is 638. The summed E-state index contributed by atoms with van der Waals surface area (Å²) in [6.07, 6.45) is 3.68. The van der Waals surface area contributed by atoms with Crippen LogP contribution in [0.2, 0.25) is 0 Å². The first kappa shape index (κ1) is 17.4. The summed E-state index contributed by atoms with van der Waals surface area (Å²) in [4.78, 5) is 9.17. The van der Waals surface area contributed by atoms with Gasteiger partial charge >= 0.3 is 0 Å². The lowest BCUT2D eigenvalue weighted by Crippen LogP contribution is -2.00. The van der Waals surface area contributed by atoms with Gasteiger partial charge in [0.05, 0.1) is 17.6 Å². The number of benzene rings is 1. The van der Waals surface area contributed by atoms with Crippen LogP contribution in [0.3, 0.4) is 0 Å². The average Bonchev–Trinajstić information content (AvgIpc) is 2.52. The Hall–Kier alpha value is -1.96. The summed E-state index contributed by atoms with van der Waals surface area (Å²) < 4.78 is 0. The molecule has 0 atom stereocenters. The van der Waals surface area contributed by atoms with E-state index in [1.54, 1.807) is 6.20 Å². The van der Waals surface area contributed by atoms with Gasteiger partial charge in [-0.2, -0.15) is 0 Å². The van der Waals surface area contributed by atoms with Gasteiger partial charge in [0.1, 0.15) is 0 Å². The normalized spacial score (nSPS) is 12.0. The highest BCUT2D eigenvalue weighted by atomic mass is 14.8. The Morgan fingerprint density at radius 3 is 1.91 bits per heavy atom. The van der Waals surface area contributed by atoms with Gasteiger partial charge in [0.25, 0.3) is 0 Å². The predicted molar refractivity (Wildman–Crippen MR) is 100 cm³/mol. The van der Waals surface area contributed by atoms with Crippen molar-refractivity contribution in [3.63, 3.8) is 0 Å². The minimum absolute atomic E-state index is 0.446. The number of aliphatic imine (C=N–C) groups is 1. The molecule has 0 saturated carbocycles. The number of pyridine rings is 1. The fourth-order valence-corrected chi connectivity index (χ4v) is 2.65. The number of hydrogen-bond acceptors (Lipinski definition) is 2. The molecule has 0 spiro atoms. The Kier molecular flexibility index (Phi) is 5.70. The fraction of sp³-hybridized carbons (Fsp3) is 0.429. The van der Waals surface area contributed by atoms with Gasteiger partial charge in [-0.1, -0.05) is 59.7 Å². The first-order valence-corrected chi connectivity index (χ1v) is 8.53. The zero-order chi connectivity index (χ0) is 17.0. The number of rotatable bonds is 5. The minimum Gasteiger partial charge on any atom is -0.255 e. The van der Waals surface area contributed by atoms with Crippen molar-refractivity contribution in [2.75, 3.05) is 0 Å². The Morgan fingerprint density at radius 1 is 0.870 bits per heavy atom. The van der Waals surface area contributed by atoms with Crippen molar-refractivity contribution in [1.82, 2.24) is 4.98 Å². The van der Waals surface area contributed by atoms with Crippen molar-refractivity contribution in [1.29, 1.82) is 0 Å². The fourth-order valence-electron chi connectivity index (χ4n) is 2.65. The molecule has 2 aromatic rings. The lowest BCUT2D eigenvalue weighted by atomic mass is 9.87. The number of nitrogens with zero attached hydrogens (tertiary/aromatic N) is 2. The second-order valence-electron chi connectivity index (χ2n) is 7.02. The van der Waals surface area contributed by atoms with Crippen LogP contribution in [0.25, 0.3) is 0 Å². The minimum atomic E-state index is 0.446. The molecule has 1 heterocycles. The third kappa shape index (κ3) is 4.28. The van der Waals surface area contributed by atoms with Gasteiger partial charge < -0.3 is 0 Å². The van der Waals surface area contributed by atoms with E-state index in [0.717, 1.165) is 11.4 Å². The van der Waals surface area contributed by atoms with E-state index in [1.807, 2.05) is 24.4 Å². The first-order valence-electron chi connectivity index (χ1n) is 8.53. The monoisotopic (exact) mass is 308 g/mol. The van der Waals surface area contributed by atoms with Gasteiger partial charge in [0.2, 0.25) is 0 Å². The molecule has 1 aromatic carbocycles. The first-order chi connectivity index (χ1) is 10.9. The van der Waals surface area contributed by atoms with Crippen LogP contribution in [0.5, 0.6) is 0 Å². The van der Waals surface area contributed by atoms with Gasteiger partial charge in [-0.25, -0.2) is 0 Å². The quantitative estimate of drug-likeness (QED) is 0.603. The molecule has 23 heavy (non-hydrogen) atoms. The van der Waals surface area contributed by atoms with Crippen molar-refractivity contribution in [2.45, 2.75) is 59.3 Å². The SMILES string of the molecule is CC(C)c1cc(C(C)C)c(N=Cc2ccccn2)c(C(C)C)c1. The van der Waals surface area contributed by atoms with Crippen LogP contribution in [0, 0.1) is 0 Å². The van der Waals surface area contributed by atoms with E-state index < -0.39 is 0 Å². The van der Waals surface area contributed by atoms with Crippen LogP contribution in [0.4, 0.5) is 5.69 Å². The van der Waals surface area contributed by atoms with Crippen LogP contribution in [0.1, 0.15) is 81.7 Å². The van der Waals surface area contributed by atoms with Gasteiger partial charge in [0, 0.05) is 6.20 Å². The van der Waals surface area contributed by atoms with E-state index in [0.29, 0.717) is 17.8 Å². The van der Waals surface area contributed by atoms with Crippen molar-refractivity contribution in [3.8, 4) is 0 Å². The summed E-state index contributed by atoms with van der Waals surface area (Å²) in [5.74, 6) is 1.42. The van der Waals surface area contributed by atoms with Crippen molar-refractivity contribution >= 4 is 11.9 Å². The summed E-state index contributed by atoms with van der Waals surface area (Å²) in [7, 11) is 0. The second-order valence-corrected chi connectivity index (χ2v) is 7.02. The maximum Gasteiger partial charge on any atom is 0.0812 e. The number of aromatic nitrogens is 1. The van der Waals surface area contributed by atoms with Crippen LogP contribution in [-0.2, 0) is 0 Å². The van der Waals surface area contributed by atoms with Crippen LogP contribution in [0.15, 0.2) is 41.5 Å². The highest BCUT2D eigenvalue weighted by Crippen LogP contribution is 2.37. The van der Waals surface area contributed by atoms with Gasteiger partial charge in [-0.05, 0) is 46.6 Å². The van der Waals surface area contributed by atoms with E-state index in [9.17, 15) is 0 Å². The molecule has 0 fully saturated rings. The lowest BCUT2D eigenvalue weighted by Gasteiger charge is -2.20. The van der Waals surface area contributed by atoms with Crippen LogP contribution >= 0.6 is 0 Å². The zero-order valence-electron chi connectivity index (χ0n) is 15.2. The highest BCUT2D eigenvalue weighted by molar-refractivity contribution is 5.80. The summed E-state index contributed by atoms with van der Waals surface area (Å²) in [6, 6.07) is 10.5. The Morgan fingerprint density at radius 2 is 1.48 bits per heavy atom. The summed E-state index contributed by atoms with van der Waals surface area (Å²) in [5, 5.41) is 0. The van der Waals surface area contributed by atoms with E-state index in [1.165, 1.54) is 16.7 Å². The standard InChI is InChI=1S/C21H28N2/c1-14(2)17-11-19(15(3)4)21(20(12-17)16(5)6)23-13-18-9-7-8-10-22-18/h7-16H,1-6H3. The molecule has 0 aliphatic rings. The van der Waals surface area contributed by atoms with Gasteiger partial charge in [-0.15, -0.1) is 0 Å². The predicted octanol–water partition coefficient (Wildman–Crippen LogP) is 6.20. The Balaban J connectivity index is 2.57. The molecule has 122 valence electrons. The molecule has 2 nitrogen and oxygen atoms in total. The molecule has 0 saturated heterocycles. The third-order valence-electron chi connectivity index (χ3n) is 4.12.